The molecule has 0 radical (unpaired) electrons. The number of sulfonamides is 1. The van der Waals surface area contributed by atoms with Crippen molar-refractivity contribution in [2.75, 3.05) is 11.9 Å². The van der Waals surface area contributed by atoms with E-state index in [1.54, 1.807) is 0 Å². The smallest absolute Gasteiger partial charge is 0.211 e. The Morgan fingerprint density at radius 3 is 2.45 bits per heavy atom. The van der Waals surface area contributed by atoms with E-state index in [0.717, 1.165) is 24.6 Å². The van der Waals surface area contributed by atoms with Crippen LogP contribution >= 0.6 is 15.9 Å². The lowest BCUT2D eigenvalue weighted by atomic mass is 10.1. The van der Waals surface area contributed by atoms with Crippen molar-refractivity contribution >= 4 is 26.0 Å². The summed E-state index contributed by atoms with van der Waals surface area (Å²) >= 11 is 3.23. The Bertz CT molecular complexity index is 546. The Labute approximate surface area is 124 Å². The molecule has 1 aromatic carbocycles. The van der Waals surface area contributed by atoms with Crippen molar-refractivity contribution in [3.8, 4) is 0 Å². The lowest BCUT2D eigenvalue weighted by Crippen LogP contribution is -2.30. The quantitative estimate of drug-likeness (QED) is 0.776. The molecule has 0 spiro atoms. The second-order valence-electron chi connectivity index (χ2n) is 4.43. The van der Waals surface area contributed by atoms with Gasteiger partial charge >= 0.3 is 6.18 Å². The van der Waals surface area contributed by atoms with Crippen molar-refractivity contribution in [2.45, 2.75) is 24.4 Å². The third kappa shape index (κ3) is 4.75. The molecule has 8 heteroatoms. The van der Waals surface area contributed by atoms with E-state index in [2.05, 4.69) is 20.7 Å². The highest BCUT2D eigenvalue weighted by Gasteiger charge is 2.36. The maximum Gasteiger partial charge on any atom is 0.417 e. The van der Waals surface area contributed by atoms with E-state index in [9.17, 15) is 21.6 Å². The highest BCUT2D eigenvalue weighted by Crippen LogP contribution is 2.33. The Kier molecular flexibility index (Phi) is 6.03. The fourth-order valence-corrected chi connectivity index (χ4v) is 3.73. The molecule has 0 heterocycles. The van der Waals surface area contributed by atoms with Crippen LogP contribution in [0.3, 0.4) is 0 Å². The molecule has 0 aromatic heterocycles. The molecule has 0 saturated heterocycles. The van der Waals surface area contributed by atoms with E-state index in [4.69, 9.17) is 0 Å². The lowest BCUT2D eigenvalue weighted by Gasteiger charge is -2.15. The van der Waals surface area contributed by atoms with Crippen molar-refractivity contribution in [1.29, 1.82) is 0 Å². The summed E-state index contributed by atoms with van der Waals surface area (Å²) in [4.78, 5) is -0.737. The minimum absolute atomic E-state index is 0.0298. The van der Waals surface area contributed by atoms with Crippen LogP contribution in [0.25, 0.3) is 0 Å². The zero-order valence-corrected chi connectivity index (χ0v) is 13.1. The normalized spacial score (nSPS) is 14.2. The van der Waals surface area contributed by atoms with Crippen LogP contribution in [0.15, 0.2) is 29.2 Å². The number of nitrogens with one attached hydrogen (secondary N) is 1. The van der Waals surface area contributed by atoms with Crippen LogP contribution < -0.4 is 4.72 Å². The third-order valence-electron chi connectivity index (χ3n) is 2.71. The van der Waals surface area contributed by atoms with E-state index in [-0.39, 0.29) is 12.5 Å². The van der Waals surface area contributed by atoms with Gasteiger partial charge in [-0.1, -0.05) is 35.0 Å². The summed E-state index contributed by atoms with van der Waals surface area (Å²) in [6.45, 7) is 1.92. The Morgan fingerprint density at radius 1 is 1.30 bits per heavy atom. The number of benzene rings is 1. The summed E-state index contributed by atoms with van der Waals surface area (Å²) in [5.41, 5.74) is -1.15. The Morgan fingerprint density at radius 2 is 1.90 bits per heavy atom. The number of alkyl halides is 4. The second kappa shape index (κ2) is 6.91. The van der Waals surface area contributed by atoms with E-state index in [0.29, 0.717) is 5.33 Å². The van der Waals surface area contributed by atoms with Gasteiger partial charge in [-0.25, -0.2) is 13.1 Å². The fraction of sp³-hybridized carbons (Fsp3) is 0.500. The predicted molar refractivity (Wildman–Crippen MR) is 74.2 cm³/mol. The van der Waals surface area contributed by atoms with Crippen LogP contribution in [0.2, 0.25) is 0 Å². The zero-order chi connectivity index (χ0) is 15.4. The van der Waals surface area contributed by atoms with E-state index < -0.39 is 26.7 Å². The van der Waals surface area contributed by atoms with Crippen LogP contribution in [0.4, 0.5) is 13.2 Å². The standard InChI is InChI=1S/C12H15BrF3NO2S/c1-9(6-7-13)8-17-20(18,19)11-5-3-2-4-10(11)12(14,15)16/h2-5,9,17H,6-8H2,1H3. The summed E-state index contributed by atoms with van der Waals surface area (Å²) in [7, 11) is -4.17. The molecule has 1 atom stereocenters. The van der Waals surface area contributed by atoms with E-state index >= 15 is 0 Å². The van der Waals surface area contributed by atoms with Gasteiger partial charge in [0.15, 0.2) is 0 Å². The third-order valence-corrected chi connectivity index (χ3v) is 4.65. The average molecular weight is 374 g/mol. The van der Waals surface area contributed by atoms with Gasteiger partial charge in [0, 0.05) is 11.9 Å². The molecule has 1 aromatic rings. The van der Waals surface area contributed by atoms with Crippen molar-refractivity contribution in [3.63, 3.8) is 0 Å². The van der Waals surface area contributed by atoms with Crippen LogP contribution in [0, 0.1) is 5.92 Å². The van der Waals surface area contributed by atoms with Gasteiger partial charge < -0.3 is 0 Å². The summed E-state index contributed by atoms with van der Waals surface area (Å²) < 4.78 is 64.6. The van der Waals surface area contributed by atoms with Crippen molar-refractivity contribution in [2.24, 2.45) is 5.92 Å². The minimum Gasteiger partial charge on any atom is -0.211 e. The second-order valence-corrected chi connectivity index (χ2v) is 6.96. The Balaban J connectivity index is 2.99. The van der Waals surface area contributed by atoms with Crippen molar-refractivity contribution < 1.29 is 21.6 Å². The van der Waals surface area contributed by atoms with Gasteiger partial charge in [-0.05, 0) is 24.5 Å². The first-order valence-electron chi connectivity index (χ1n) is 5.90. The van der Waals surface area contributed by atoms with Crippen LogP contribution in [-0.4, -0.2) is 20.3 Å². The maximum absolute atomic E-state index is 12.8. The molecule has 3 nitrogen and oxygen atoms in total. The molecule has 114 valence electrons. The molecule has 20 heavy (non-hydrogen) atoms. The van der Waals surface area contributed by atoms with Gasteiger partial charge in [0.05, 0.1) is 10.5 Å². The monoisotopic (exact) mass is 373 g/mol. The first-order valence-corrected chi connectivity index (χ1v) is 8.51. The fourth-order valence-electron chi connectivity index (χ4n) is 1.55. The zero-order valence-electron chi connectivity index (χ0n) is 10.7. The molecular formula is C12H15BrF3NO2S. The SMILES string of the molecule is CC(CCBr)CNS(=O)(=O)c1ccccc1C(F)(F)F. The summed E-state index contributed by atoms with van der Waals surface area (Å²) in [5, 5.41) is 0.703. The number of halogens is 4. The number of hydrogen-bond donors (Lipinski definition) is 1. The van der Waals surface area contributed by atoms with Crippen molar-refractivity contribution in [3.05, 3.63) is 29.8 Å². The first kappa shape index (κ1) is 17.5. The molecule has 0 saturated carbocycles. The average Bonchev–Trinajstić information content (AvgIpc) is 2.36. The van der Waals surface area contributed by atoms with Gasteiger partial charge in [-0.2, -0.15) is 13.2 Å². The van der Waals surface area contributed by atoms with Gasteiger partial charge in [-0.3, -0.25) is 0 Å². The lowest BCUT2D eigenvalue weighted by molar-refractivity contribution is -0.139. The van der Waals surface area contributed by atoms with E-state index in [1.807, 2.05) is 6.92 Å². The number of rotatable bonds is 6. The molecule has 1 rings (SSSR count). The minimum atomic E-state index is -4.70. The van der Waals surface area contributed by atoms with Gasteiger partial charge in [-0.15, -0.1) is 0 Å². The Hall–Kier alpha value is -0.600. The summed E-state index contributed by atoms with van der Waals surface area (Å²) in [6.07, 6.45) is -3.98. The predicted octanol–water partition coefficient (Wildman–Crippen LogP) is 3.40. The topological polar surface area (TPSA) is 46.2 Å². The highest BCUT2D eigenvalue weighted by molar-refractivity contribution is 9.09. The molecule has 0 aliphatic carbocycles. The first-order chi connectivity index (χ1) is 9.18. The van der Waals surface area contributed by atoms with Gasteiger partial charge in [0.25, 0.3) is 0 Å². The molecule has 0 bridgehead atoms. The highest BCUT2D eigenvalue weighted by atomic mass is 79.9. The summed E-state index contributed by atoms with van der Waals surface area (Å²) in [6, 6.07) is 4.15. The van der Waals surface area contributed by atoms with Crippen LogP contribution in [0.1, 0.15) is 18.9 Å². The molecule has 0 aliphatic rings. The molecule has 0 amide bonds. The molecule has 0 aliphatic heterocycles. The van der Waals surface area contributed by atoms with Gasteiger partial charge in [0.2, 0.25) is 10.0 Å². The molecule has 1 N–H and O–H groups in total. The maximum atomic E-state index is 12.8. The molecular weight excluding hydrogens is 359 g/mol. The van der Waals surface area contributed by atoms with E-state index in [1.165, 1.54) is 6.07 Å². The van der Waals surface area contributed by atoms with Crippen LogP contribution in [0.5, 0.6) is 0 Å². The van der Waals surface area contributed by atoms with Crippen molar-refractivity contribution in [1.82, 2.24) is 4.72 Å². The molecule has 0 fully saturated rings. The van der Waals surface area contributed by atoms with Gasteiger partial charge in [0.1, 0.15) is 0 Å². The summed E-state index contributed by atoms with van der Waals surface area (Å²) in [5.74, 6) is 0.0298. The number of hydrogen-bond acceptors (Lipinski definition) is 2. The van der Waals surface area contributed by atoms with Crippen LogP contribution in [-0.2, 0) is 16.2 Å². The molecule has 1 unspecified atom stereocenters. The largest absolute Gasteiger partial charge is 0.417 e.